The van der Waals surface area contributed by atoms with Crippen LogP contribution in [0, 0.1) is 0 Å². The molecular weight excluding hydrogens is 457 g/mol. The lowest BCUT2D eigenvalue weighted by Gasteiger charge is -2.47. The minimum Gasteiger partial charge on any atom is -0.614 e. The van der Waals surface area contributed by atoms with E-state index in [4.69, 9.17) is 0 Å². The summed E-state index contributed by atoms with van der Waals surface area (Å²) >= 11 is 0. The molecule has 0 aromatic heterocycles. The highest BCUT2D eigenvalue weighted by molar-refractivity contribution is 8.00. The van der Waals surface area contributed by atoms with Gasteiger partial charge in [-0.25, -0.2) is 0 Å². The third kappa shape index (κ3) is 4.64. The zero-order valence-electron chi connectivity index (χ0n) is 18.2. The Morgan fingerprint density at radius 3 is 2.39 bits per heavy atom. The number of halogens is 3. The van der Waals surface area contributed by atoms with E-state index in [1.165, 1.54) is 32.0 Å². The van der Waals surface area contributed by atoms with Gasteiger partial charge < -0.3 is 14.2 Å². The molecular formula is C23H25F3N2O4S. The summed E-state index contributed by atoms with van der Waals surface area (Å²) in [5.74, 6) is -0.763. The van der Waals surface area contributed by atoms with Crippen LogP contribution in [-0.4, -0.2) is 55.8 Å². The number of hydrogen-bond donors (Lipinski definition) is 0. The Bertz CT molecular complexity index is 1080. The highest BCUT2D eigenvalue weighted by Crippen LogP contribution is 2.41. The minimum atomic E-state index is -4.79. The lowest BCUT2D eigenvalue weighted by atomic mass is 10.1. The number of ether oxygens (including phenoxy) is 1. The molecule has 1 unspecified atom stereocenters. The summed E-state index contributed by atoms with van der Waals surface area (Å²) in [6, 6.07) is 14.5. The van der Waals surface area contributed by atoms with Crippen LogP contribution in [0.1, 0.15) is 25.0 Å². The Morgan fingerprint density at radius 2 is 1.73 bits per heavy atom. The number of fused-ring (bicyclic) bond motifs is 1. The largest absolute Gasteiger partial charge is 0.614 e. The van der Waals surface area contributed by atoms with E-state index in [9.17, 15) is 26.7 Å². The van der Waals surface area contributed by atoms with Gasteiger partial charge in [-0.15, -0.1) is 17.4 Å². The van der Waals surface area contributed by atoms with Crippen molar-refractivity contribution in [2.24, 2.45) is 0 Å². The topological polar surface area (TPSA) is 72.9 Å². The molecule has 2 aromatic carbocycles. The standard InChI is InChI=1S/C23H25F3N2O4S/c1-22(2)21(29)28(13-16-7-4-3-5-8-16)19-14-27(15-20(19)33(22,30)31)12-17-9-6-10-18(11-17)32-23(24,25)26/h3-11,19-20H,12-15H2,1-2H3/t19-,20-/m0/s1. The van der Waals surface area contributed by atoms with Gasteiger partial charge >= 0.3 is 6.36 Å². The first-order chi connectivity index (χ1) is 15.4. The molecule has 3 atom stereocenters. The van der Waals surface area contributed by atoms with Gasteiger partial charge in [-0.2, -0.15) is 0 Å². The minimum absolute atomic E-state index is 0.194. The molecule has 2 aromatic rings. The van der Waals surface area contributed by atoms with E-state index in [2.05, 4.69) is 4.74 Å². The van der Waals surface area contributed by atoms with Gasteiger partial charge in [0.15, 0.2) is 5.25 Å². The van der Waals surface area contributed by atoms with Crippen molar-refractivity contribution in [3.8, 4) is 5.75 Å². The molecule has 2 aliphatic heterocycles. The molecule has 0 spiro atoms. The summed E-state index contributed by atoms with van der Waals surface area (Å²) in [6.07, 6.45) is -4.79. The van der Waals surface area contributed by atoms with E-state index in [0.29, 0.717) is 18.7 Å². The average Bonchev–Trinajstić information content (AvgIpc) is 3.15. The van der Waals surface area contributed by atoms with E-state index < -0.39 is 38.5 Å². The van der Waals surface area contributed by atoms with E-state index in [1.807, 2.05) is 35.2 Å². The Labute approximate surface area is 191 Å². The van der Waals surface area contributed by atoms with Crippen LogP contribution in [0.15, 0.2) is 54.6 Å². The first kappa shape index (κ1) is 23.7. The Kier molecular flexibility index (Phi) is 6.05. The molecule has 0 saturated carbocycles. The maximum atomic E-state index is 13.3. The summed E-state index contributed by atoms with van der Waals surface area (Å²) in [5.41, 5.74) is 1.46. The van der Waals surface area contributed by atoms with Crippen LogP contribution < -0.4 is 4.74 Å². The number of hydrogen-bond acceptors (Lipinski definition) is 5. The van der Waals surface area contributed by atoms with Crippen LogP contribution in [0.25, 0.3) is 0 Å². The second-order valence-corrected chi connectivity index (χ2v) is 11.7. The summed E-state index contributed by atoms with van der Waals surface area (Å²) in [5, 5.41) is -0.775. The molecule has 178 valence electrons. The monoisotopic (exact) mass is 482 g/mol. The highest BCUT2D eigenvalue weighted by Gasteiger charge is 2.63. The Morgan fingerprint density at radius 1 is 1.06 bits per heavy atom. The lowest BCUT2D eigenvalue weighted by Crippen LogP contribution is -2.67. The normalized spacial score (nSPS) is 27.5. The second kappa shape index (κ2) is 8.41. The fraction of sp³-hybridized carbons (Fsp3) is 0.435. The van der Waals surface area contributed by atoms with Crippen LogP contribution in [0.5, 0.6) is 5.75 Å². The molecule has 2 fully saturated rings. The molecule has 6 nitrogen and oxygen atoms in total. The highest BCUT2D eigenvalue weighted by atomic mass is 32.3. The van der Waals surface area contributed by atoms with Gasteiger partial charge in [-0.1, -0.05) is 42.5 Å². The number of sulfone groups is 1. The van der Waals surface area contributed by atoms with Crippen LogP contribution in [-0.2, 0) is 32.3 Å². The van der Waals surface area contributed by atoms with Gasteiger partial charge in [0.05, 0.1) is 16.3 Å². The van der Waals surface area contributed by atoms with Crippen molar-refractivity contribution in [2.75, 3.05) is 13.1 Å². The van der Waals surface area contributed by atoms with Gasteiger partial charge in [0.25, 0.3) is 5.91 Å². The quantitative estimate of drug-likeness (QED) is 0.609. The maximum absolute atomic E-state index is 13.3. The van der Waals surface area contributed by atoms with Crippen molar-refractivity contribution < 1.29 is 31.5 Å². The fourth-order valence-corrected chi connectivity index (χ4v) is 6.80. The van der Waals surface area contributed by atoms with Crippen molar-refractivity contribution in [2.45, 2.75) is 49.3 Å². The van der Waals surface area contributed by atoms with E-state index in [-0.39, 0.29) is 18.8 Å². The maximum Gasteiger partial charge on any atom is 0.573 e. The average molecular weight is 483 g/mol. The Hall–Kier alpha value is -2.43. The summed E-state index contributed by atoms with van der Waals surface area (Å²) in [4.78, 5) is 16.8. The number of alkyl halides is 3. The predicted octanol–water partition coefficient (Wildman–Crippen LogP) is 3.59. The van der Waals surface area contributed by atoms with Gasteiger partial charge in [0.1, 0.15) is 5.75 Å². The van der Waals surface area contributed by atoms with Crippen molar-refractivity contribution in [3.05, 3.63) is 65.7 Å². The molecule has 0 aliphatic carbocycles. The number of carbonyl (C=O) groups is 1. The van der Waals surface area contributed by atoms with Crippen LogP contribution >= 0.6 is 0 Å². The second-order valence-electron chi connectivity index (χ2n) is 8.97. The first-order valence-corrected chi connectivity index (χ1v) is 12.1. The lowest BCUT2D eigenvalue weighted by molar-refractivity contribution is -0.274. The molecule has 4 rings (SSSR count). The number of benzene rings is 2. The summed E-state index contributed by atoms with van der Waals surface area (Å²) in [6.45, 7) is 3.93. The van der Waals surface area contributed by atoms with Gasteiger partial charge in [0, 0.05) is 26.2 Å². The molecule has 10 heteroatoms. The molecule has 2 saturated heterocycles. The van der Waals surface area contributed by atoms with E-state index in [0.717, 1.165) is 5.56 Å². The molecule has 2 heterocycles. The van der Waals surface area contributed by atoms with Gasteiger partial charge in [-0.3, -0.25) is 9.69 Å². The zero-order valence-corrected chi connectivity index (χ0v) is 19.1. The van der Waals surface area contributed by atoms with Gasteiger partial charge in [-0.05, 0) is 37.1 Å². The molecule has 0 bridgehead atoms. The third-order valence-corrected chi connectivity index (χ3v) is 9.19. The van der Waals surface area contributed by atoms with Crippen molar-refractivity contribution in [1.29, 1.82) is 0 Å². The molecule has 33 heavy (non-hydrogen) atoms. The van der Waals surface area contributed by atoms with Crippen molar-refractivity contribution in [1.82, 2.24) is 9.80 Å². The number of amides is 1. The number of carbonyl (C=O) groups excluding carboxylic acids is 1. The van der Waals surface area contributed by atoms with Crippen LogP contribution in [0.2, 0.25) is 0 Å². The predicted molar refractivity (Wildman–Crippen MR) is 116 cm³/mol. The molecule has 0 N–H and O–H groups in total. The number of likely N-dealkylation sites (tertiary alicyclic amines) is 1. The molecule has 2 aliphatic rings. The van der Waals surface area contributed by atoms with Crippen molar-refractivity contribution in [3.63, 3.8) is 0 Å². The molecule has 0 radical (unpaired) electrons. The summed E-state index contributed by atoms with van der Waals surface area (Å²) in [7, 11) is -3.78. The zero-order chi connectivity index (χ0) is 24.0. The van der Waals surface area contributed by atoms with Crippen LogP contribution in [0.4, 0.5) is 13.2 Å². The van der Waals surface area contributed by atoms with Crippen LogP contribution in [0.3, 0.4) is 0 Å². The smallest absolute Gasteiger partial charge is 0.573 e. The fourth-order valence-electron chi connectivity index (χ4n) is 4.63. The van der Waals surface area contributed by atoms with E-state index >= 15 is 0 Å². The SMILES string of the molecule is CC1(C)C(=O)N(Cc2ccccc2)[C@H]2CN(Cc3cccc(OC(F)(F)F)c3)C[C@@H]2[S+]1(=O)[O-]. The molecule has 1 amide bonds. The number of rotatable bonds is 5. The van der Waals surface area contributed by atoms with E-state index in [1.54, 1.807) is 11.0 Å². The third-order valence-electron chi connectivity index (χ3n) is 6.33. The van der Waals surface area contributed by atoms with Gasteiger partial charge in [0.2, 0.25) is 4.75 Å². The first-order valence-electron chi connectivity index (χ1n) is 10.5. The summed E-state index contributed by atoms with van der Waals surface area (Å²) < 4.78 is 66.7. The van der Waals surface area contributed by atoms with Crippen molar-refractivity contribution >= 4 is 16.1 Å². The Balaban J connectivity index is 1.58. The number of nitrogens with zero attached hydrogens (tertiary/aromatic N) is 2.